The molecule has 158 valence electrons. The Morgan fingerprint density at radius 2 is 1.94 bits per heavy atom. The van der Waals surface area contributed by atoms with Crippen molar-refractivity contribution >= 4 is 22.6 Å². The zero-order chi connectivity index (χ0) is 21.7. The zero-order valence-corrected chi connectivity index (χ0v) is 17.6. The van der Waals surface area contributed by atoms with Gasteiger partial charge in [0.05, 0.1) is 28.6 Å². The summed E-state index contributed by atoms with van der Waals surface area (Å²) < 4.78 is 16.7. The highest BCUT2D eigenvalue weighted by Crippen LogP contribution is 2.33. The Kier molecular flexibility index (Phi) is 4.48. The Bertz CT molecular complexity index is 1470. The minimum atomic E-state index is -0.397. The summed E-state index contributed by atoms with van der Waals surface area (Å²) >= 11 is 6.09. The number of hydrogen-bond donors (Lipinski definition) is 2. The maximum atomic E-state index is 14.5. The number of fused-ring (bicyclic) bond motifs is 2. The molecule has 7 nitrogen and oxygen atoms in total. The molecule has 5 aromatic rings. The lowest BCUT2D eigenvalue weighted by atomic mass is 10.0. The van der Waals surface area contributed by atoms with Crippen LogP contribution in [0.3, 0.4) is 0 Å². The van der Waals surface area contributed by atoms with Crippen molar-refractivity contribution in [3.05, 3.63) is 71.5 Å². The average molecular weight is 446 g/mol. The van der Waals surface area contributed by atoms with E-state index in [1.165, 1.54) is 12.1 Å². The summed E-state index contributed by atoms with van der Waals surface area (Å²) in [6.07, 6.45) is 5.43. The van der Waals surface area contributed by atoms with Gasteiger partial charge in [-0.15, -0.1) is 0 Å². The van der Waals surface area contributed by atoms with Crippen LogP contribution >= 0.6 is 11.6 Å². The molecule has 0 atom stereocenters. The van der Waals surface area contributed by atoms with E-state index in [0.29, 0.717) is 27.5 Å². The largest absolute Gasteiger partial charge is 0.326 e. The third-order valence-corrected chi connectivity index (χ3v) is 5.89. The molecule has 0 saturated heterocycles. The lowest BCUT2D eigenvalue weighted by Crippen LogP contribution is -2.27. The summed E-state index contributed by atoms with van der Waals surface area (Å²) in [6.45, 7) is 2.57. The van der Waals surface area contributed by atoms with Crippen LogP contribution < -0.4 is 5.32 Å². The molecule has 2 N–H and O–H groups in total. The normalized spacial score (nSPS) is 13.4. The van der Waals surface area contributed by atoms with Crippen molar-refractivity contribution in [2.45, 2.75) is 13.1 Å². The van der Waals surface area contributed by atoms with Gasteiger partial charge in [-0.1, -0.05) is 11.6 Å². The van der Waals surface area contributed by atoms with Crippen molar-refractivity contribution < 1.29 is 4.39 Å². The SMILES string of the molecule is Fc1ccc(Cl)cc1-c1n[nH]cc1-c1ccc2ncc(-c3ncc4n3CCNC4)cc2n1. The van der Waals surface area contributed by atoms with Gasteiger partial charge in [-0.2, -0.15) is 5.10 Å². The van der Waals surface area contributed by atoms with Crippen LogP contribution in [0.25, 0.3) is 44.9 Å². The highest BCUT2D eigenvalue weighted by Gasteiger charge is 2.18. The van der Waals surface area contributed by atoms with Gasteiger partial charge in [0, 0.05) is 53.7 Å². The number of pyridine rings is 2. The molecule has 1 aliphatic heterocycles. The van der Waals surface area contributed by atoms with Gasteiger partial charge in [-0.3, -0.25) is 10.1 Å². The first kappa shape index (κ1) is 19.1. The van der Waals surface area contributed by atoms with Gasteiger partial charge in [0.15, 0.2) is 0 Å². The third-order valence-electron chi connectivity index (χ3n) is 5.65. The van der Waals surface area contributed by atoms with Gasteiger partial charge in [0.1, 0.15) is 17.3 Å². The Morgan fingerprint density at radius 1 is 1.00 bits per heavy atom. The molecular weight excluding hydrogens is 429 g/mol. The van der Waals surface area contributed by atoms with Gasteiger partial charge in [-0.25, -0.2) is 14.4 Å². The number of benzene rings is 1. The second-order valence-electron chi connectivity index (χ2n) is 7.63. The van der Waals surface area contributed by atoms with Crippen LogP contribution in [0, 0.1) is 5.82 Å². The monoisotopic (exact) mass is 445 g/mol. The minimum Gasteiger partial charge on any atom is -0.326 e. The second-order valence-corrected chi connectivity index (χ2v) is 8.07. The molecule has 0 unspecified atom stereocenters. The fourth-order valence-corrected chi connectivity index (χ4v) is 4.26. The molecule has 0 aliphatic carbocycles. The Morgan fingerprint density at radius 3 is 2.88 bits per heavy atom. The molecule has 9 heteroatoms. The first-order valence-corrected chi connectivity index (χ1v) is 10.6. The number of hydrogen-bond acceptors (Lipinski definition) is 5. The maximum absolute atomic E-state index is 14.5. The summed E-state index contributed by atoms with van der Waals surface area (Å²) in [6, 6.07) is 10.2. The Labute approximate surface area is 187 Å². The van der Waals surface area contributed by atoms with Gasteiger partial charge in [-0.05, 0) is 36.4 Å². The molecule has 1 aromatic carbocycles. The van der Waals surface area contributed by atoms with E-state index in [0.717, 1.165) is 47.7 Å². The lowest BCUT2D eigenvalue weighted by Gasteiger charge is -2.17. The first-order chi connectivity index (χ1) is 15.7. The summed E-state index contributed by atoms with van der Waals surface area (Å²) in [7, 11) is 0. The number of H-pyrrole nitrogens is 1. The van der Waals surface area contributed by atoms with Gasteiger partial charge < -0.3 is 9.88 Å². The van der Waals surface area contributed by atoms with E-state index in [9.17, 15) is 4.39 Å². The first-order valence-electron chi connectivity index (χ1n) is 10.2. The number of aromatic amines is 1. The molecule has 0 saturated carbocycles. The zero-order valence-electron chi connectivity index (χ0n) is 16.8. The molecule has 32 heavy (non-hydrogen) atoms. The molecule has 0 fully saturated rings. The fraction of sp³-hybridized carbons (Fsp3) is 0.130. The number of aromatic nitrogens is 6. The van der Waals surface area contributed by atoms with Gasteiger partial charge >= 0.3 is 0 Å². The molecule has 0 bridgehead atoms. The summed E-state index contributed by atoms with van der Waals surface area (Å²) in [5.74, 6) is 0.485. The smallest absolute Gasteiger partial charge is 0.141 e. The van der Waals surface area contributed by atoms with Gasteiger partial charge in [0.25, 0.3) is 0 Å². The predicted molar refractivity (Wildman–Crippen MR) is 120 cm³/mol. The summed E-state index contributed by atoms with van der Waals surface area (Å²) in [4.78, 5) is 14.0. The van der Waals surface area contributed by atoms with Crippen LogP contribution in [0.2, 0.25) is 5.02 Å². The average Bonchev–Trinajstić information content (AvgIpc) is 3.47. The quantitative estimate of drug-likeness (QED) is 0.428. The van der Waals surface area contributed by atoms with E-state index in [1.54, 1.807) is 12.3 Å². The summed E-state index contributed by atoms with van der Waals surface area (Å²) in [5, 5.41) is 10.9. The van der Waals surface area contributed by atoms with E-state index in [1.807, 2.05) is 30.6 Å². The minimum absolute atomic E-state index is 0.320. The molecule has 4 aromatic heterocycles. The third kappa shape index (κ3) is 3.16. The summed E-state index contributed by atoms with van der Waals surface area (Å²) in [5.41, 5.74) is 5.67. The van der Waals surface area contributed by atoms with E-state index in [-0.39, 0.29) is 0 Å². The number of rotatable bonds is 3. The van der Waals surface area contributed by atoms with Crippen molar-refractivity contribution in [1.82, 2.24) is 35.0 Å². The lowest BCUT2D eigenvalue weighted by molar-refractivity contribution is 0.519. The van der Waals surface area contributed by atoms with E-state index < -0.39 is 5.82 Å². The molecule has 0 radical (unpaired) electrons. The van der Waals surface area contributed by atoms with E-state index in [2.05, 4.69) is 30.0 Å². The van der Waals surface area contributed by atoms with Crippen LogP contribution in [-0.4, -0.2) is 36.3 Å². The predicted octanol–water partition coefficient (Wildman–Crippen LogP) is 4.45. The van der Waals surface area contributed by atoms with Crippen LogP contribution in [0.1, 0.15) is 5.69 Å². The van der Waals surface area contributed by atoms with Crippen LogP contribution in [0.4, 0.5) is 4.39 Å². The van der Waals surface area contributed by atoms with Gasteiger partial charge in [0.2, 0.25) is 0 Å². The van der Waals surface area contributed by atoms with Crippen LogP contribution in [-0.2, 0) is 13.1 Å². The van der Waals surface area contributed by atoms with Crippen molar-refractivity contribution in [3.63, 3.8) is 0 Å². The molecule has 1 aliphatic rings. The van der Waals surface area contributed by atoms with Crippen molar-refractivity contribution in [3.8, 4) is 33.9 Å². The number of halogens is 2. The molecular formula is C23H17ClFN7. The van der Waals surface area contributed by atoms with Crippen molar-refractivity contribution in [2.75, 3.05) is 6.54 Å². The van der Waals surface area contributed by atoms with Crippen LogP contribution in [0.5, 0.6) is 0 Å². The second kappa shape index (κ2) is 7.51. The highest BCUT2D eigenvalue weighted by atomic mass is 35.5. The maximum Gasteiger partial charge on any atom is 0.141 e. The molecule has 0 amide bonds. The van der Waals surface area contributed by atoms with Crippen LogP contribution in [0.15, 0.2) is 55.0 Å². The van der Waals surface area contributed by atoms with E-state index in [4.69, 9.17) is 16.6 Å². The standard InChI is InChI=1S/C23H17ClFN7/c24-14-1-2-18(25)16(8-14)22-17(12-29-31-22)19-3-4-20-21(30-19)7-13(9-27-20)23-28-11-15-10-26-5-6-32(15)23/h1-4,7-9,11-12,26H,5-6,10H2,(H,29,31). The molecule has 0 spiro atoms. The Balaban J connectivity index is 1.45. The fourth-order valence-electron chi connectivity index (χ4n) is 4.09. The topological polar surface area (TPSA) is 84.3 Å². The van der Waals surface area contributed by atoms with E-state index >= 15 is 0 Å². The Hall–Kier alpha value is -3.62. The molecule has 6 rings (SSSR count). The number of nitrogens with zero attached hydrogens (tertiary/aromatic N) is 5. The highest BCUT2D eigenvalue weighted by molar-refractivity contribution is 6.30. The number of imidazole rings is 1. The number of nitrogens with one attached hydrogen (secondary N) is 2. The molecule has 5 heterocycles. The van der Waals surface area contributed by atoms with Crippen molar-refractivity contribution in [1.29, 1.82) is 0 Å². The van der Waals surface area contributed by atoms with Crippen molar-refractivity contribution in [2.24, 2.45) is 0 Å².